The molecule has 1 aliphatic heterocycles. The Hall–Kier alpha value is -2.70. The van der Waals surface area contributed by atoms with Gasteiger partial charge in [0.05, 0.1) is 23.5 Å². The molecule has 0 radical (unpaired) electrons. The molecule has 4 rings (SSSR count). The lowest BCUT2D eigenvalue weighted by atomic mass is 9.59. The van der Waals surface area contributed by atoms with Gasteiger partial charge in [0.15, 0.2) is 0 Å². The van der Waals surface area contributed by atoms with Crippen molar-refractivity contribution in [1.82, 2.24) is 25.0 Å². The number of aromatic nitrogens is 3. The Balaban J connectivity index is 1.36. The second-order valence-corrected chi connectivity index (χ2v) is 7.42. The van der Waals surface area contributed by atoms with Crippen molar-refractivity contribution in [3.05, 3.63) is 48.0 Å². The van der Waals surface area contributed by atoms with E-state index in [-0.39, 0.29) is 23.3 Å². The average Bonchev–Trinajstić information content (AvgIpc) is 3.12. The second kappa shape index (κ2) is 6.55. The summed E-state index contributed by atoms with van der Waals surface area (Å²) in [4.78, 5) is 26.9. The van der Waals surface area contributed by atoms with Crippen molar-refractivity contribution < 1.29 is 9.59 Å². The quantitative estimate of drug-likeness (QED) is 0.909. The van der Waals surface area contributed by atoms with E-state index in [1.54, 1.807) is 12.3 Å². The summed E-state index contributed by atoms with van der Waals surface area (Å²) >= 11 is 0. The molecule has 1 N–H and O–H groups in total. The first-order valence-corrected chi connectivity index (χ1v) is 9.06. The van der Waals surface area contributed by atoms with E-state index in [1.165, 1.54) is 6.20 Å². The Bertz CT molecular complexity index is 808. The van der Waals surface area contributed by atoms with Crippen LogP contribution >= 0.6 is 0 Å². The highest BCUT2D eigenvalue weighted by Crippen LogP contribution is 2.49. The zero-order valence-electron chi connectivity index (χ0n) is 14.9. The second-order valence-electron chi connectivity index (χ2n) is 7.42. The number of aryl methyl sites for hydroxylation is 1. The predicted octanol–water partition coefficient (Wildman–Crippen LogP) is 1.63. The van der Waals surface area contributed by atoms with Gasteiger partial charge in [-0.2, -0.15) is 10.2 Å². The highest BCUT2D eigenvalue weighted by atomic mass is 16.2. The summed E-state index contributed by atoms with van der Waals surface area (Å²) in [6.45, 7) is 1.44. The van der Waals surface area contributed by atoms with Gasteiger partial charge in [0.25, 0.3) is 11.8 Å². The van der Waals surface area contributed by atoms with E-state index in [1.807, 2.05) is 35.0 Å². The van der Waals surface area contributed by atoms with E-state index >= 15 is 0 Å². The number of amides is 2. The Morgan fingerprint density at radius 2 is 1.96 bits per heavy atom. The standard InChI is InChI=1S/C19H23N5O2/c1-23-9-4-15(13-23)17(25)22-16-2-5-19(16)6-10-24(11-7-19)18(26)14-3-8-20-21-12-14/h3-4,8-9,12-13,16H,2,5-7,10-11H2,1H3,(H,22,25)/t16-/m0/s1. The van der Waals surface area contributed by atoms with Gasteiger partial charge >= 0.3 is 0 Å². The van der Waals surface area contributed by atoms with Gasteiger partial charge in [-0.25, -0.2) is 0 Å². The van der Waals surface area contributed by atoms with Crippen LogP contribution in [-0.4, -0.2) is 50.6 Å². The highest BCUT2D eigenvalue weighted by molar-refractivity contribution is 5.94. The molecule has 0 bridgehead atoms. The van der Waals surface area contributed by atoms with Crippen molar-refractivity contribution in [2.75, 3.05) is 13.1 Å². The number of rotatable bonds is 3. The number of piperidine rings is 1. The fourth-order valence-corrected chi connectivity index (χ4v) is 4.15. The molecule has 1 atom stereocenters. The number of nitrogens with zero attached hydrogens (tertiary/aromatic N) is 4. The van der Waals surface area contributed by atoms with Crippen LogP contribution in [0, 0.1) is 5.41 Å². The molecular weight excluding hydrogens is 330 g/mol. The van der Waals surface area contributed by atoms with Gasteiger partial charge in [-0.3, -0.25) is 9.59 Å². The number of likely N-dealkylation sites (tertiary alicyclic amines) is 1. The van der Waals surface area contributed by atoms with Gasteiger partial charge in [0.2, 0.25) is 0 Å². The summed E-state index contributed by atoms with van der Waals surface area (Å²) in [5, 5.41) is 10.7. The van der Waals surface area contributed by atoms with Crippen molar-refractivity contribution >= 4 is 11.8 Å². The topological polar surface area (TPSA) is 80.1 Å². The number of carbonyl (C=O) groups excluding carboxylic acids is 2. The normalized spacial score (nSPS) is 21.3. The Morgan fingerprint density at radius 3 is 2.54 bits per heavy atom. The molecule has 136 valence electrons. The minimum absolute atomic E-state index is 0.00367. The third-order valence-corrected chi connectivity index (χ3v) is 5.95. The molecule has 2 amide bonds. The number of carbonyl (C=O) groups is 2. The van der Waals surface area contributed by atoms with Crippen LogP contribution in [0.3, 0.4) is 0 Å². The average molecular weight is 353 g/mol. The third-order valence-electron chi connectivity index (χ3n) is 5.95. The summed E-state index contributed by atoms with van der Waals surface area (Å²) in [7, 11) is 1.91. The van der Waals surface area contributed by atoms with Crippen molar-refractivity contribution in [3.63, 3.8) is 0 Å². The Labute approximate surface area is 152 Å². The lowest BCUT2D eigenvalue weighted by Gasteiger charge is -2.54. The zero-order chi connectivity index (χ0) is 18.1. The monoisotopic (exact) mass is 353 g/mol. The predicted molar refractivity (Wildman–Crippen MR) is 95.5 cm³/mol. The lowest BCUT2D eigenvalue weighted by molar-refractivity contribution is -0.00233. The van der Waals surface area contributed by atoms with Crippen molar-refractivity contribution in [1.29, 1.82) is 0 Å². The summed E-state index contributed by atoms with van der Waals surface area (Å²) < 4.78 is 1.88. The molecule has 7 nitrogen and oxygen atoms in total. The van der Waals surface area contributed by atoms with Crippen molar-refractivity contribution in [2.45, 2.75) is 31.7 Å². The summed E-state index contributed by atoms with van der Waals surface area (Å²) in [6, 6.07) is 3.74. The molecule has 1 spiro atoms. The molecular formula is C19H23N5O2. The van der Waals surface area contributed by atoms with E-state index < -0.39 is 0 Å². The highest BCUT2D eigenvalue weighted by Gasteiger charge is 2.49. The van der Waals surface area contributed by atoms with Gasteiger partial charge in [0.1, 0.15) is 0 Å². The molecule has 2 fully saturated rings. The first-order valence-electron chi connectivity index (χ1n) is 9.06. The fourth-order valence-electron chi connectivity index (χ4n) is 4.15. The molecule has 2 aromatic heterocycles. The van der Waals surface area contributed by atoms with Crippen LogP contribution in [0.4, 0.5) is 0 Å². The maximum atomic E-state index is 12.5. The van der Waals surface area contributed by atoms with Crippen LogP contribution < -0.4 is 5.32 Å². The molecule has 3 heterocycles. The van der Waals surface area contributed by atoms with E-state index in [2.05, 4.69) is 15.5 Å². The Kier molecular flexibility index (Phi) is 4.22. The minimum atomic E-state index is -0.00367. The first kappa shape index (κ1) is 16.8. The molecule has 26 heavy (non-hydrogen) atoms. The van der Waals surface area contributed by atoms with Gasteiger partial charge in [-0.1, -0.05) is 0 Å². The molecule has 1 aliphatic carbocycles. The molecule has 1 saturated carbocycles. The van der Waals surface area contributed by atoms with E-state index in [4.69, 9.17) is 0 Å². The molecule has 2 aliphatic rings. The maximum Gasteiger partial charge on any atom is 0.255 e. The fraction of sp³-hybridized carbons (Fsp3) is 0.474. The largest absolute Gasteiger partial charge is 0.356 e. The van der Waals surface area contributed by atoms with Gasteiger partial charge < -0.3 is 14.8 Å². The lowest BCUT2D eigenvalue weighted by Crippen LogP contribution is -2.59. The number of nitrogens with one attached hydrogen (secondary N) is 1. The van der Waals surface area contributed by atoms with E-state index in [0.717, 1.165) is 38.8 Å². The maximum absolute atomic E-state index is 12.5. The van der Waals surface area contributed by atoms with Gasteiger partial charge in [-0.15, -0.1) is 0 Å². The molecule has 0 unspecified atom stereocenters. The van der Waals surface area contributed by atoms with Crippen molar-refractivity contribution in [2.24, 2.45) is 12.5 Å². The SMILES string of the molecule is Cn1ccc(C(=O)N[C@H]2CCC23CCN(C(=O)c2ccnnc2)CC3)c1. The van der Waals surface area contributed by atoms with E-state index in [9.17, 15) is 9.59 Å². The first-order chi connectivity index (χ1) is 12.6. The molecule has 7 heteroatoms. The minimum Gasteiger partial charge on any atom is -0.356 e. The smallest absolute Gasteiger partial charge is 0.255 e. The Morgan fingerprint density at radius 1 is 1.15 bits per heavy atom. The molecule has 1 saturated heterocycles. The van der Waals surface area contributed by atoms with Crippen LogP contribution in [0.5, 0.6) is 0 Å². The van der Waals surface area contributed by atoms with Gasteiger partial charge in [-0.05, 0) is 43.2 Å². The summed E-state index contributed by atoms with van der Waals surface area (Å²) in [5.41, 5.74) is 1.42. The van der Waals surface area contributed by atoms with Crippen LogP contribution in [0.2, 0.25) is 0 Å². The summed E-state index contributed by atoms with van der Waals surface area (Å²) in [6.07, 6.45) is 10.8. The summed E-state index contributed by atoms with van der Waals surface area (Å²) in [5.74, 6) is 0.00925. The van der Waals surface area contributed by atoms with Crippen LogP contribution in [-0.2, 0) is 7.05 Å². The molecule has 0 aromatic carbocycles. The van der Waals surface area contributed by atoms with Crippen LogP contribution in [0.15, 0.2) is 36.9 Å². The number of hydrogen-bond acceptors (Lipinski definition) is 4. The zero-order valence-corrected chi connectivity index (χ0v) is 14.9. The van der Waals surface area contributed by atoms with Crippen LogP contribution in [0.1, 0.15) is 46.4 Å². The van der Waals surface area contributed by atoms with Gasteiger partial charge in [0, 0.05) is 38.6 Å². The third kappa shape index (κ3) is 2.98. The van der Waals surface area contributed by atoms with E-state index in [0.29, 0.717) is 11.1 Å². The number of hydrogen-bond donors (Lipinski definition) is 1. The van der Waals surface area contributed by atoms with Crippen LogP contribution in [0.25, 0.3) is 0 Å². The molecule has 2 aromatic rings. The van der Waals surface area contributed by atoms with Crippen molar-refractivity contribution in [3.8, 4) is 0 Å².